The zero-order valence-corrected chi connectivity index (χ0v) is 11.2. The van der Waals surface area contributed by atoms with Crippen molar-refractivity contribution >= 4 is 29.5 Å². The highest BCUT2D eigenvalue weighted by Gasteiger charge is 2.18. The molecule has 0 saturated carbocycles. The van der Waals surface area contributed by atoms with Crippen molar-refractivity contribution in [3.63, 3.8) is 0 Å². The van der Waals surface area contributed by atoms with Crippen molar-refractivity contribution in [2.75, 3.05) is 23.0 Å². The molecule has 4 heteroatoms. The first-order valence-corrected chi connectivity index (χ1v) is 7.18. The highest BCUT2D eigenvalue weighted by atomic mass is 32.2. The number of carboxylic acid groups (broad SMARTS) is 1. The molecule has 0 spiro atoms. The largest absolute Gasteiger partial charge is 0.478 e. The predicted octanol–water partition coefficient (Wildman–Crippen LogP) is 2.73. The Balaban J connectivity index is 2.09. The average Bonchev–Trinajstić information content (AvgIpc) is 2.38. The third kappa shape index (κ3) is 3.29. The lowest BCUT2D eigenvalue weighted by Crippen LogP contribution is -2.40. The van der Waals surface area contributed by atoms with Crippen molar-refractivity contribution in [1.29, 1.82) is 0 Å². The minimum absolute atomic E-state index is 0.559. The summed E-state index contributed by atoms with van der Waals surface area (Å²) in [6.45, 7) is 3.32. The highest BCUT2D eigenvalue weighted by molar-refractivity contribution is 7.99. The molecule has 0 radical (unpaired) electrons. The second kappa shape index (κ2) is 5.96. The molecule has 1 saturated heterocycles. The summed E-state index contributed by atoms with van der Waals surface area (Å²) in [5, 5.41) is 8.57. The maximum Gasteiger partial charge on any atom is 0.328 e. The molecule has 18 heavy (non-hydrogen) atoms. The van der Waals surface area contributed by atoms with Crippen LogP contribution in [0.3, 0.4) is 0 Å². The molecule has 1 heterocycles. The summed E-state index contributed by atoms with van der Waals surface area (Å²) in [5.74, 6) is 1.42. The maximum absolute atomic E-state index is 10.4. The number of aliphatic carboxylic acids is 1. The van der Waals surface area contributed by atoms with E-state index in [0.29, 0.717) is 6.04 Å². The molecule has 1 aliphatic rings. The summed E-state index contributed by atoms with van der Waals surface area (Å²) in [6, 6.07) is 8.61. The van der Waals surface area contributed by atoms with Crippen LogP contribution in [0.4, 0.5) is 5.69 Å². The molecule has 0 aliphatic carbocycles. The molecule has 1 aromatic rings. The molecule has 1 unspecified atom stereocenters. The summed E-state index contributed by atoms with van der Waals surface area (Å²) in [5.41, 5.74) is 2.13. The Labute approximate surface area is 111 Å². The third-order valence-corrected chi connectivity index (χ3v) is 4.20. The number of thioether (sulfide) groups is 1. The number of benzene rings is 1. The van der Waals surface area contributed by atoms with E-state index in [1.807, 2.05) is 23.9 Å². The van der Waals surface area contributed by atoms with Crippen LogP contribution in [0.5, 0.6) is 0 Å². The van der Waals surface area contributed by atoms with Crippen LogP contribution in [0.25, 0.3) is 6.08 Å². The summed E-state index contributed by atoms with van der Waals surface area (Å²) >= 11 is 2.00. The van der Waals surface area contributed by atoms with Gasteiger partial charge in [0.2, 0.25) is 0 Å². The number of rotatable bonds is 3. The van der Waals surface area contributed by atoms with Gasteiger partial charge in [0.05, 0.1) is 0 Å². The molecule has 1 aliphatic heterocycles. The lowest BCUT2D eigenvalue weighted by molar-refractivity contribution is -0.131. The van der Waals surface area contributed by atoms with E-state index in [9.17, 15) is 4.79 Å². The Morgan fingerprint density at radius 1 is 1.44 bits per heavy atom. The molecular weight excluding hydrogens is 246 g/mol. The minimum atomic E-state index is -0.916. The van der Waals surface area contributed by atoms with Gasteiger partial charge in [-0.3, -0.25) is 0 Å². The normalized spacial score (nSPS) is 20.3. The summed E-state index contributed by atoms with van der Waals surface area (Å²) in [4.78, 5) is 12.8. The highest BCUT2D eigenvalue weighted by Crippen LogP contribution is 2.24. The smallest absolute Gasteiger partial charge is 0.328 e. The Morgan fingerprint density at radius 3 is 2.78 bits per heavy atom. The first kappa shape index (κ1) is 13.0. The van der Waals surface area contributed by atoms with Gasteiger partial charge in [-0.05, 0) is 30.7 Å². The zero-order chi connectivity index (χ0) is 13.0. The predicted molar refractivity (Wildman–Crippen MR) is 77.2 cm³/mol. The van der Waals surface area contributed by atoms with E-state index in [2.05, 4.69) is 24.0 Å². The van der Waals surface area contributed by atoms with Gasteiger partial charge in [-0.2, -0.15) is 11.8 Å². The Bertz CT molecular complexity index is 442. The quantitative estimate of drug-likeness (QED) is 0.851. The standard InChI is InChI=1S/C14H17NO2S/c1-11-10-18-9-8-15(11)13-5-2-12(3-6-13)4-7-14(16)17/h2-7,11H,8-10H2,1H3,(H,16,17). The van der Waals surface area contributed by atoms with Crippen molar-refractivity contribution in [3.8, 4) is 0 Å². The van der Waals surface area contributed by atoms with E-state index >= 15 is 0 Å². The summed E-state index contributed by atoms with van der Waals surface area (Å²) < 4.78 is 0. The van der Waals surface area contributed by atoms with Crippen LogP contribution in [-0.2, 0) is 4.79 Å². The fourth-order valence-corrected chi connectivity index (χ4v) is 3.07. The number of carbonyl (C=O) groups is 1. The van der Waals surface area contributed by atoms with E-state index < -0.39 is 5.97 Å². The summed E-state index contributed by atoms with van der Waals surface area (Å²) in [7, 11) is 0. The lowest BCUT2D eigenvalue weighted by Gasteiger charge is -2.35. The van der Waals surface area contributed by atoms with Gasteiger partial charge in [0.1, 0.15) is 0 Å². The van der Waals surface area contributed by atoms with Crippen LogP contribution in [0.1, 0.15) is 12.5 Å². The van der Waals surface area contributed by atoms with Crippen LogP contribution in [0.15, 0.2) is 30.3 Å². The first-order chi connectivity index (χ1) is 8.66. The fourth-order valence-electron chi connectivity index (χ4n) is 2.06. The Morgan fingerprint density at radius 2 is 2.17 bits per heavy atom. The summed E-state index contributed by atoms with van der Waals surface area (Å²) in [6.07, 6.45) is 2.77. The van der Waals surface area contributed by atoms with Crippen LogP contribution in [-0.4, -0.2) is 35.2 Å². The molecule has 0 amide bonds. The van der Waals surface area contributed by atoms with Crippen molar-refractivity contribution in [3.05, 3.63) is 35.9 Å². The molecule has 0 bridgehead atoms. The second-order valence-corrected chi connectivity index (χ2v) is 5.53. The van der Waals surface area contributed by atoms with Gasteiger partial charge in [-0.15, -0.1) is 0 Å². The number of carboxylic acids is 1. The van der Waals surface area contributed by atoms with Crippen LogP contribution in [0.2, 0.25) is 0 Å². The molecular formula is C14H17NO2S. The van der Waals surface area contributed by atoms with Crippen LogP contribution in [0, 0.1) is 0 Å². The minimum Gasteiger partial charge on any atom is -0.478 e. The molecule has 96 valence electrons. The van der Waals surface area contributed by atoms with Crippen molar-refractivity contribution < 1.29 is 9.90 Å². The first-order valence-electron chi connectivity index (χ1n) is 6.02. The Kier molecular flexibility index (Phi) is 4.31. The number of hydrogen-bond acceptors (Lipinski definition) is 3. The third-order valence-electron chi connectivity index (χ3n) is 3.01. The lowest BCUT2D eigenvalue weighted by atomic mass is 10.1. The van der Waals surface area contributed by atoms with Gasteiger partial charge in [0.25, 0.3) is 0 Å². The zero-order valence-electron chi connectivity index (χ0n) is 10.4. The van der Waals surface area contributed by atoms with Crippen molar-refractivity contribution in [1.82, 2.24) is 0 Å². The molecule has 0 aromatic heterocycles. The number of anilines is 1. The molecule has 1 N–H and O–H groups in total. The molecule has 3 nitrogen and oxygen atoms in total. The van der Waals surface area contributed by atoms with Gasteiger partial charge in [-0.25, -0.2) is 4.79 Å². The van der Waals surface area contributed by atoms with E-state index in [4.69, 9.17) is 5.11 Å². The second-order valence-electron chi connectivity index (χ2n) is 4.38. The van der Waals surface area contributed by atoms with E-state index in [1.54, 1.807) is 6.08 Å². The van der Waals surface area contributed by atoms with Crippen LogP contribution >= 0.6 is 11.8 Å². The van der Waals surface area contributed by atoms with Gasteiger partial charge in [0.15, 0.2) is 0 Å². The van der Waals surface area contributed by atoms with Gasteiger partial charge >= 0.3 is 5.97 Å². The van der Waals surface area contributed by atoms with Gasteiger partial charge in [0, 0.05) is 35.9 Å². The van der Waals surface area contributed by atoms with Crippen LogP contribution < -0.4 is 4.90 Å². The number of nitrogens with zero attached hydrogens (tertiary/aromatic N) is 1. The van der Waals surface area contributed by atoms with E-state index in [0.717, 1.165) is 18.2 Å². The molecule has 1 aromatic carbocycles. The van der Waals surface area contributed by atoms with Gasteiger partial charge < -0.3 is 10.0 Å². The monoisotopic (exact) mass is 263 g/mol. The topological polar surface area (TPSA) is 40.5 Å². The van der Waals surface area contributed by atoms with Crippen molar-refractivity contribution in [2.24, 2.45) is 0 Å². The number of hydrogen-bond donors (Lipinski definition) is 1. The molecule has 2 rings (SSSR count). The fraction of sp³-hybridized carbons (Fsp3) is 0.357. The SMILES string of the molecule is CC1CSCCN1c1ccc(C=CC(=O)O)cc1. The molecule has 1 fully saturated rings. The van der Waals surface area contributed by atoms with Gasteiger partial charge in [-0.1, -0.05) is 12.1 Å². The van der Waals surface area contributed by atoms with E-state index in [-0.39, 0.29) is 0 Å². The van der Waals surface area contributed by atoms with Crippen molar-refractivity contribution in [2.45, 2.75) is 13.0 Å². The van der Waals surface area contributed by atoms with E-state index in [1.165, 1.54) is 17.2 Å². The maximum atomic E-state index is 10.4. The Hall–Kier alpha value is -1.42. The average molecular weight is 263 g/mol. The molecule has 1 atom stereocenters.